The normalized spacial score (nSPS) is 17.5. The van der Waals surface area contributed by atoms with Gasteiger partial charge in [0.1, 0.15) is 0 Å². The fourth-order valence-corrected chi connectivity index (χ4v) is 2.59. The largest absolute Gasteiger partial charge is 0.297 e. The Kier molecular flexibility index (Phi) is 3.08. The Bertz CT molecular complexity index is 442. The quantitative estimate of drug-likeness (QED) is 0.752. The molecule has 0 bridgehead atoms. The highest BCUT2D eigenvalue weighted by molar-refractivity contribution is 5.96. The number of carbonyl (C=O) groups is 1. The molecule has 0 saturated carbocycles. The molecular weight excluding hydrogens is 214 g/mol. The zero-order valence-electron chi connectivity index (χ0n) is 11.3. The number of nitrogens with zero attached hydrogens (tertiary/aromatic N) is 3. The maximum atomic E-state index is 11.5. The fraction of sp³-hybridized carbons (Fsp3) is 0.692. The number of aromatic nitrogens is 2. The minimum atomic E-state index is 0.117. The summed E-state index contributed by atoms with van der Waals surface area (Å²) in [4.78, 5) is 13.9. The number of carbonyl (C=O) groups excluding carboxylic acids is 1. The summed E-state index contributed by atoms with van der Waals surface area (Å²) in [6.07, 6.45) is 0. The molecule has 94 valence electrons. The van der Waals surface area contributed by atoms with Gasteiger partial charge < -0.3 is 0 Å². The Hall–Kier alpha value is -1.16. The van der Waals surface area contributed by atoms with Gasteiger partial charge in [0.25, 0.3) is 0 Å². The monoisotopic (exact) mass is 235 g/mol. The van der Waals surface area contributed by atoms with E-state index < -0.39 is 0 Å². The molecule has 2 rings (SSSR count). The van der Waals surface area contributed by atoms with Crippen LogP contribution in [0.5, 0.6) is 0 Å². The summed E-state index contributed by atoms with van der Waals surface area (Å²) >= 11 is 0. The number of Topliss-reactive ketones (excluding diaryl/α,β-unsaturated/α-hetero) is 1. The van der Waals surface area contributed by atoms with Crippen molar-refractivity contribution >= 4 is 5.78 Å². The SMILES string of the molecule is CC(=O)c1c(C)nn(C2CN(C(C)C)C2)c1C. The van der Waals surface area contributed by atoms with Crippen molar-refractivity contribution < 1.29 is 4.79 Å². The summed E-state index contributed by atoms with van der Waals surface area (Å²) in [5.41, 5.74) is 2.68. The van der Waals surface area contributed by atoms with Crippen LogP contribution in [0, 0.1) is 13.8 Å². The molecule has 1 saturated heterocycles. The van der Waals surface area contributed by atoms with Crippen LogP contribution in [0.3, 0.4) is 0 Å². The van der Waals surface area contributed by atoms with Crippen molar-refractivity contribution in [2.24, 2.45) is 0 Å². The second kappa shape index (κ2) is 4.26. The first kappa shape index (κ1) is 12.3. The maximum Gasteiger partial charge on any atom is 0.163 e. The summed E-state index contributed by atoms with van der Waals surface area (Å²) < 4.78 is 2.03. The number of hydrogen-bond acceptors (Lipinski definition) is 3. The van der Waals surface area contributed by atoms with E-state index in [1.54, 1.807) is 6.92 Å². The van der Waals surface area contributed by atoms with Crippen molar-refractivity contribution in [1.82, 2.24) is 14.7 Å². The predicted molar refractivity (Wildman–Crippen MR) is 67.5 cm³/mol. The van der Waals surface area contributed by atoms with Crippen LogP contribution in [0.1, 0.15) is 48.6 Å². The second-order valence-corrected chi connectivity index (χ2v) is 5.25. The van der Waals surface area contributed by atoms with E-state index in [4.69, 9.17) is 0 Å². The van der Waals surface area contributed by atoms with Crippen molar-refractivity contribution in [3.63, 3.8) is 0 Å². The van der Waals surface area contributed by atoms with E-state index >= 15 is 0 Å². The molecule has 1 aliphatic heterocycles. The Morgan fingerprint density at radius 1 is 1.35 bits per heavy atom. The number of ketones is 1. The molecule has 1 aromatic rings. The first-order valence-corrected chi connectivity index (χ1v) is 6.22. The smallest absolute Gasteiger partial charge is 0.163 e. The average molecular weight is 235 g/mol. The lowest BCUT2D eigenvalue weighted by atomic mass is 10.1. The Labute approximate surface area is 103 Å². The van der Waals surface area contributed by atoms with Gasteiger partial charge in [0, 0.05) is 24.8 Å². The van der Waals surface area contributed by atoms with Crippen LogP contribution in [0.4, 0.5) is 0 Å². The summed E-state index contributed by atoms with van der Waals surface area (Å²) in [5.74, 6) is 0.117. The fourth-order valence-electron chi connectivity index (χ4n) is 2.59. The summed E-state index contributed by atoms with van der Waals surface area (Å²) in [7, 11) is 0. The first-order chi connectivity index (χ1) is 7.91. The van der Waals surface area contributed by atoms with Gasteiger partial charge >= 0.3 is 0 Å². The number of likely N-dealkylation sites (tertiary alicyclic amines) is 1. The van der Waals surface area contributed by atoms with Gasteiger partial charge in [0.2, 0.25) is 0 Å². The third-order valence-electron chi connectivity index (χ3n) is 3.64. The van der Waals surface area contributed by atoms with Crippen LogP contribution < -0.4 is 0 Å². The minimum Gasteiger partial charge on any atom is -0.297 e. The molecule has 1 aliphatic rings. The Morgan fingerprint density at radius 2 is 1.94 bits per heavy atom. The van der Waals surface area contributed by atoms with E-state index in [1.165, 1.54) is 0 Å². The Morgan fingerprint density at radius 3 is 2.35 bits per heavy atom. The standard InChI is InChI=1S/C13H21N3O/c1-8(2)15-6-12(7-15)16-10(4)13(11(5)17)9(3)14-16/h8,12H,6-7H2,1-5H3. The minimum absolute atomic E-state index is 0.117. The van der Waals surface area contributed by atoms with Gasteiger partial charge in [-0.25, -0.2) is 0 Å². The van der Waals surface area contributed by atoms with Crippen LogP contribution in [0.25, 0.3) is 0 Å². The van der Waals surface area contributed by atoms with Gasteiger partial charge in [0.15, 0.2) is 5.78 Å². The molecule has 0 amide bonds. The van der Waals surface area contributed by atoms with Crippen LogP contribution >= 0.6 is 0 Å². The van der Waals surface area contributed by atoms with Crippen molar-refractivity contribution in [2.45, 2.75) is 46.7 Å². The van der Waals surface area contributed by atoms with Gasteiger partial charge in [-0.05, 0) is 34.6 Å². The van der Waals surface area contributed by atoms with E-state index in [0.29, 0.717) is 12.1 Å². The highest BCUT2D eigenvalue weighted by atomic mass is 16.1. The summed E-state index contributed by atoms with van der Waals surface area (Å²) in [6, 6.07) is 1.03. The van der Waals surface area contributed by atoms with Crippen LogP contribution in [-0.4, -0.2) is 39.6 Å². The van der Waals surface area contributed by atoms with E-state index in [0.717, 1.165) is 30.0 Å². The van der Waals surface area contributed by atoms with E-state index in [1.807, 2.05) is 18.5 Å². The van der Waals surface area contributed by atoms with Gasteiger partial charge in [-0.3, -0.25) is 14.4 Å². The van der Waals surface area contributed by atoms with Crippen LogP contribution in [0.2, 0.25) is 0 Å². The van der Waals surface area contributed by atoms with Crippen molar-refractivity contribution in [1.29, 1.82) is 0 Å². The summed E-state index contributed by atoms with van der Waals surface area (Å²) in [5, 5.41) is 4.52. The van der Waals surface area contributed by atoms with E-state index in [-0.39, 0.29) is 5.78 Å². The molecule has 0 atom stereocenters. The van der Waals surface area contributed by atoms with Crippen molar-refractivity contribution in [3.05, 3.63) is 17.0 Å². The van der Waals surface area contributed by atoms with Crippen molar-refractivity contribution in [2.75, 3.05) is 13.1 Å². The number of hydrogen-bond donors (Lipinski definition) is 0. The number of aryl methyl sites for hydroxylation is 1. The zero-order valence-corrected chi connectivity index (χ0v) is 11.3. The molecule has 4 nitrogen and oxygen atoms in total. The predicted octanol–water partition coefficient (Wildman–Crippen LogP) is 1.97. The number of rotatable bonds is 3. The van der Waals surface area contributed by atoms with E-state index in [9.17, 15) is 4.79 Å². The zero-order chi connectivity index (χ0) is 12.7. The topological polar surface area (TPSA) is 38.1 Å². The lowest BCUT2D eigenvalue weighted by Gasteiger charge is -2.42. The highest BCUT2D eigenvalue weighted by Gasteiger charge is 2.32. The van der Waals surface area contributed by atoms with Gasteiger partial charge in [-0.2, -0.15) is 5.10 Å². The van der Waals surface area contributed by atoms with Crippen LogP contribution in [0.15, 0.2) is 0 Å². The maximum absolute atomic E-state index is 11.5. The molecule has 17 heavy (non-hydrogen) atoms. The molecule has 0 unspecified atom stereocenters. The molecule has 0 N–H and O–H groups in total. The average Bonchev–Trinajstić information content (AvgIpc) is 2.38. The lowest BCUT2D eigenvalue weighted by Crippen LogP contribution is -2.51. The molecule has 1 aromatic heterocycles. The molecule has 1 fully saturated rings. The van der Waals surface area contributed by atoms with E-state index in [2.05, 4.69) is 23.8 Å². The highest BCUT2D eigenvalue weighted by Crippen LogP contribution is 2.26. The van der Waals surface area contributed by atoms with Crippen LogP contribution in [-0.2, 0) is 0 Å². The molecule has 2 heterocycles. The third kappa shape index (κ3) is 2.02. The van der Waals surface area contributed by atoms with Gasteiger partial charge in [0.05, 0.1) is 17.3 Å². The van der Waals surface area contributed by atoms with Gasteiger partial charge in [-0.15, -0.1) is 0 Å². The molecular formula is C13H21N3O. The third-order valence-corrected chi connectivity index (χ3v) is 3.64. The van der Waals surface area contributed by atoms with Crippen molar-refractivity contribution in [3.8, 4) is 0 Å². The summed E-state index contributed by atoms with van der Waals surface area (Å²) in [6.45, 7) is 12.0. The first-order valence-electron chi connectivity index (χ1n) is 6.22. The lowest BCUT2D eigenvalue weighted by molar-refractivity contribution is 0.0661. The second-order valence-electron chi connectivity index (χ2n) is 5.25. The molecule has 0 aliphatic carbocycles. The molecule has 0 spiro atoms. The van der Waals surface area contributed by atoms with Gasteiger partial charge in [-0.1, -0.05) is 0 Å². The molecule has 0 aromatic carbocycles. The molecule has 0 radical (unpaired) electrons. The molecule has 4 heteroatoms. The Balaban J connectivity index is 2.19.